The summed E-state index contributed by atoms with van der Waals surface area (Å²) in [6.45, 7) is 3.56. The van der Waals surface area contributed by atoms with E-state index in [4.69, 9.17) is 0 Å². The summed E-state index contributed by atoms with van der Waals surface area (Å²) in [5, 5.41) is 0. The highest BCUT2D eigenvalue weighted by atomic mass is 19.4. The highest BCUT2D eigenvalue weighted by molar-refractivity contribution is 5.63. The lowest BCUT2D eigenvalue weighted by molar-refractivity contribution is -0.348. The molecule has 0 aliphatic heterocycles. The van der Waals surface area contributed by atoms with Crippen LogP contribution in [0.1, 0.15) is 38.7 Å². The fourth-order valence-electron chi connectivity index (χ4n) is 3.08. The van der Waals surface area contributed by atoms with Crippen LogP contribution >= 0.6 is 0 Å². The Morgan fingerprint density at radius 1 is 0.920 bits per heavy atom. The monoisotopic (exact) mass is 350 g/mol. The molecule has 0 amide bonds. The molecule has 25 heavy (non-hydrogen) atoms. The Morgan fingerprint density at radius 2 is 1.52 bits per heavy atom. The molecule has 2 atom stereocenters. The standard InChI is InChI=1S/C21H25F3O/c1-3-20(25-21(22,23)24)16(2)8-7-9-17-12-14-19(15-13-17)18-10-5-4-6-11-18/h4-6,10-16,20H,3,7-9H2,1-2H3. The van der Waals surface area contributed by atoms with Crippen molar-refractivity contribution in [2.45, 2.75) is 52.0 Å². The van der Waals surface area contributed by atoms with Crippen molar-refractivity contribution in [1.82, 2.24) is 0 Å². The minimum atomic E-state index is -4.55. The number of benzene rings is 2. The molecule has 0 spiro atoms. The van der Waals surface area contributed by atoms with Crippen molar-refractivity contribution >= 4 is 0 Å². The molecule has 0 N–H and O–H groups in total. The van der Waals surface area contributed by atoms with Crippen molar-refractivity contribution in [2.24, 2.45) is 5.92 Å². The Kier molecular flexibility index (Phi) is 7.06. The molecule has 0 saturated heterocycles. The molecule has 0 bridgehead atoms. The molecule has 2 aromatic carbocycles. The van der Waals surface area contributed by atoms with Crippen LogP contribution in [0.15, 0.2) is 54.6 Å². The number of alkyl halides is 3. The van der Waals surface area contributed by atoms with E-state index >= 15 is 0 Å². The van der Waals surface area contributed by atoms with Gasteiger partial charge in [-0.2, -0.15) is 0 Å². The molecular formula is C21H25F3O. The summed E-state index contributed by atoms with van der Waals surface area (Å²) < 4.78 is 41.4. The van der Waals surface area contributed by atoms with Gasteiger partial charge in [0.2, 0.25) is 0 Å². The Balaban J connectivity index is 1.83. The van der Waals surface area contributed by atoms with Gasteiger partial charge in [-0.15, -0.1) is 13.2 Å². The Morgan fingerprint density at radius 3 is 2.08 bits per heavy atom. The first-order chi connectivity index (χ1) is 11.9. The van der Waals surface area contributed by atoms with Crippen LogP contribution in [-0.4, -0.2) is 12.5 Å². The summed E-state index contributed by atoms with van der Waals surface area (Å²) in [6, 6.07) is 18.5. The summed E-state index contributed by atoms with van der Waals surface area (Å²) in [5.74, 6) is -0.116. The Hall–Kier alpha value is -1.81. The van der Waals surface area contributed by atoms with Crippen molar-refractivity contribution in [2.75, 3.05) is 0 Å². The molecule has 4 heteroatoms. The maximum Gasteiger partial charge on any atom is 0.522 e. The predicted molar refractivity (Wildman–Crippen MR) is 95.2 cm³/mol. The summed E-state index contributed by atoms with van der Waals surface area (Å²) >= 11 is 0. The first kappa shape index (κ1) is 19.5. The highest BCUT2D eigenvalue weighted by Crippen LogP contribution is 2.27. The van der Waals surface area contributed by atoms with E-state index in [0.29, 0.717) is 6.42 Å². The van der Waals surface area contributed by atoms with Gasteiger partial charge in [0.25, 0.3) is 0 Å². The van der Waals surface area contributed by atoms with Crippen LogP contribution in [0.5, 0.6) is 0 Å². The van der Waals surface area contributed by atoms with Gasteiger partial charge in [-0.05, 0) is 48.3 Å². The quantitative estimate of drug-likeness (QED) is 0.519. The second-order valence-electron chi connectivity index (χ2n) is 6.44. The van der Waals surface area contributed by atoms with Crippen LogP contribution in [0, 0.1) is 5.92 Å². The summed E-state index contributed by atoms with van der Waals surface area (Å²) in [7, 11) is 0. The number of rotatable bonds is 8. The third kappa shape index (κ3) is 6.54. The molecule has 0 aromatic heterocycles. The predicted octanol–water partition coefficient (Wildman–Crippen LogP) is 6.63. The van der Waals surface area contributed by atoms with Crippen LogP contribution in [-0.2, 0) is 11.2 Å². The second kappa shape index (κ2) is 9.04. The molecule has 2 rings (SSSR count). The minimum Gasteiger partial charge on any atom is -0.288 e. The third-order valence-corrected chi connectivity index (χ3v) is 4.51. The number of ether oxygens (including phenoxy) is 1. The van der Waals surface area contributed by atoms with Gasteiger partial charge in [0.15, 0.2) is 0 Å². The van der Waals surface area contributed by atoms with Crippen molar-refractivity contribution < 1.29 is 17.9 Å². The van der Waals surface area contributed by atoms with E-state index in [-0.39, 0.29) is 5.92 Å². The molecule has 0 heterocycles. The molecular weight excluding hydrogens is 325 g/mol. The molecule has 1 nitrogen and oxygen atoms in total. The smallest absolute Gasteiger partial charge is 0.288 e. The maximum absolute atomic E-state index is 12.4. The first-order valence-electron chi connectivity index (χ1n) is 8.78. The molecule has 136 valence electrons. The van der Waals surface area contributed by atoms with Gasteiger partial charge in [-0.3, -0.25) is 4.74 Å². The lowest BCUT2D eigenvalue weighted by Crippen LogP contribution is -2.28. The molecule has 0 fully saturated rings. The van der Waals surface area contributed by atoms with E-state index in [9.17, 15) is 13.2 Å². The molecule has 2 aromatic rings. The molecule has 0 aliphatic carbocycles. The largest absolute Gasteiger partial charge is 0.522 e. The fraction of sp³-hybridized carbons (Fsp3) is 0.429. The van der Waals surface area contributed by atoms with Crippen LogP contribution in [0.25, 0.3) is 11.1 Å². The second-order valence-corrected chi connectivity index (χ2v) is 6.44. The maximum atomic E-state index is 12.4. The molecule has 2 unspecified atom stereocenters. The van der Waals surface area contributed by atoms with Crippen LogP contribution < -0.4 is 0 Å². The number of hydrogen-bond acceptors (Lipinski definition) is 1. The zero-order chi connectivity index (χ0) is 18.3. The van der Waals surface area contributed by atoms with E-state index in [2.05, 4.69) is 41.1 Å². The van der Waals surface area contributed by atoms with Gasteiger partial charge in [-0.25, -0.2) is 0 Å². The van der Waals surface area contributed by atoms with Gasteiger partial charge in [-0.1, -0.05) is 68.4 Å². The van der Waals surface area contributed by atoms with E-state index in [1.54, 1.807) is 6.92 Å². The van der Waals surface area contributed by atoms with E-state index in [1.165, 1.54) is 16.7 Å². The zero-order valence-electron chi connectivity index (χ0n) is 14.7. The third-order valence-electron chi connectivity index (χ3n) is 4.51. The first-order valence-corrected chi connectivity index (χ1v) is 8.78. The van der Waals surface area contributed by atoms with Crippen molar-refractivity contribution in [3.63, 3.8) is 0 Å². The highest BCUT2D eigenvalue weighted by Gasteiger charge is 2.34. The van der Waals surface area contributed by atoms with Crippen LogP contribution in [0.2, 0.25) is 0 Å². The summed E-state index contributed by atoms with van der Waals surface area (Å²) in [5.41, 5.74) is 3.55. The normalized spacial score (nSPS) is 14.3. The van der Waals surface area contributed by atoms with Crippen LogP contribution in [0.3, 0.4) is 0 Å². The topological polar surface area (TPSA) is 9.23 Å². The number of halogens is 3. The molecule has 0 radical (unpaired) electrons. The van der Waals surface area contributed by atoms with Crippen molar-refractivity contribution in [3.8, 4) is 11.1 Å². The van der Waals surface area contributed by atoms with Crippen molar-refractivity contribution in [1.29, 1.82) is 0 Å². The van der Waals surface area contributed by atoms with E-state index in [1.807, 2.05) is 25.1 Å². The number of aryl methyl sites for hydroxylation is 1. The van der Waals surface area contributed by atoms with Gasteiger partial charge < -0.3 is 0 Å². The van der Waals surface area contributed by atoms with Gasteiger partial charge in [0.05, 0.1) is 6.10 Å². The average molecular weight is 350 g/mol. The summed E-state index contributed by atoms with van der Waals surface area (Å²) in [6.07, 6.45) is -2.52. The lowest BCUT2D eigenvalue weighted by Gasteiger charge is -2.24. The Labute approximate surface area is 147 Å². The van der Waals surface area contributed by atoms with Gasteiger partial charge in [0.1, 0.15) is 0 Å². The Bertz CT molecular complexity index is 620. The molecule has 0 aliphatic rings. The average Bonchev–Trinajstić information content (AvgIpc) is 2.60. The van der Waals surface area contributed by atoms with E-state index < -0.39 is 12.5 Å². The van der Waals surface area contributed by atoms with Gasteiger partial charge >= 0.3 is 6.36 Å². The lowest BCUT2D eigenvalue weighted by atomic mass is 9.94. The SMILES string of the molecule is CCC(OC(F)(F)F)C(C)CCCc1ccc(-c2ccccc2)cc1. The van der Waals surface area contributed by atoms with Crippen molar-refractivity contribution in [3.05, 3.63) is 60.2 Å². The van der Waals surface area contributed by atoms with Crippen LogP contribution in [0.4, 0.5) is 13.2 Å². The fourth-order valence-corrected chi connectivity index (χ4v) is 3.08. The van der Waals surface area contributed by atoms with E-state index in [0.717, 1.165) is 19.3 Å². The zero-order valence-corrected chi connectivity index (χ0v) is 14.7. The molecule has 0 saturated carbocycles. The van der Waals surface area contributed by atoms with Gasteiger partial charge in [0, 0.05) is 0 Å². The minimum absolute atomic E-state index is 0.116. The number of hydrogen-bond donors (Lipinski definition) is 0. The summed E-state index contributed by atoms with van der Waals surface area (Å²) in [4.78, 5) is 0.